The lowest BCUT2D eigenvalue weighted by atomic mass is 10.2. The Kier molecular flexibility index (Phi) is 4.48. The zero-order chi connectivity index (χ0) is 13.8. The number of nitrogens with zero attached hydrogens (tertiary/aromatic N) is 1. The highest BCUT2D eigenvalue weighted by atomic mass is 35.5. The third kappa shape index (κ3) is 3.10. The first-order valence-corrected chi connectivity index (χ1v) is 7.04. The van der Waals surface area contributed by atoms with E-state index in [-0.39, 0.29) is 5.91 Å². The minimum absolute atomic E-state index is 0.0867. The summed E-state index contributed by atoms with van der Waals surface area (Å²) in [6.45, 7) is 5.30. The van der Waals surface area contributed by atoms with Crippen LogP contribution in [0.25, 0.3) is 11.0 Å². The minimum atomic E-state index is -0.0867. The molecule has 0 fully saturated rings. The average Bonchev–Trinajstić information content (AvgIpc) is 2.80. The predicted octanol–water partition coefficient (Wildman–Crippen LogP) is 3.83. The normalized spacial score (nSPS) is 10.9. The number of benzene rings is 1. The molecule has 0 aliphatic heterocycles. The van der Waals surface area contributed by atoms with Crippen LogP contribution in [0.4, 0.5) is 0 Å². The number of carbonyl (C=O) groups excluding carboxylic acids is 1. The standard InChI is InChI=1S/C15H18ClNO2/c1-3-7-17(8-6-16)15(18)14-10-12-9-11(2)4-5-13(12)19-14/h4-5,9-10H,3,6-8H2,1-2H3. The summed E-state index contributed by atoms with van der Waals surface area (Å²) in [6.07, 6.45) is 0.905. The van der Waals surface area contributed by atoms with Crippen molar-refractivity contribution in [2.24, 2.45) is 0 Å². The van der Waals surface area contributed by atoms with Crippen LogP contribution in [0.3, 0.4) is 0 Å². The number of halogens is 1. The summed E-state index contributed by atoms with van der Waals surface area (Å²) < 4.78 is 5.62. The van der Waals surface area contributed by atoms with E-state index in [2.05, 4.69) is 0 Å². The van der Waals surface area contributed by atoms with Gasteiger partial charge in [0.15, 0.2) is 5.76 Å². The maximum absolute atomic E-state index is 12.4. The smallest absolute Gasteiger partial charge is 0.289 e. The van der Waals surface area contributed by atoms with Crippen molar-refractivity contribution in [2.45, 2.75) is 20.3 Å². The number of furan rings is 1. The molecule has 0 atom stereocenters. The predicted molar refractivity (Wildman–Crippen MR) is 77.9 cm³/mol. The summed E-state index contributed by atoms with van der Waals surface area (Å²) in [5.41, 5.74) is 1.90. The molecule has 0 bridgehead atoms. The van der Waals surface area contributed by atoms with E-state index in [1.807, 2.05) is 38.1 Å². The molecule has 0 saturated heterocycles. The molecular formula is C15H18ClNO2. The molecular weight excluding hydrogens is 262 g/mol. The van der Waals surface area contributed by atoms with Crippen LogP contribution in [0.1, 0.15) is 29.5 Å². The van der Waals surface area contributed by atoms with E-state index in [1.165, 1.54) is 0 Å². The molecule has 4 heteroatoms. The van der Waals surface area contributed by atoms with Crippen molar-refractivity contribution in [2.75, 3.05) is 19.0 Å². The van der Waals surface area contributed by atoms with Gasteiger partial charge in [-0.05, 0) is 31.5 Å². The highest BCUT2D eigenvalue weighted by molar-refractivity contribution is 6.18. The van der Waals surface area contributed by atoms with Gasteiger partial charge in [-0.15, -0.1) is 11.6 Å². The highest BCUT2D eigenvalue weighted by Crippen LogP contribution is 2.21. The van der Waals surface area contributed by atoms with E-state index < -0.39 is 0 Å². The van der Waals surface area contributed by atoms with Crippen LogP contribution in [0.2, 0.25) is 0 Å². The van der Waals surface area contributed by atoms with E-state index in [4.69, 9.17) is 16.0 Å². The summed E-state index contributed by atoms with van der Waals surface area (Å²) >= 11 is 5.74. The van der Waals surface area contributed by atoms with Gasteiger partial charge in [0.1, 0.15) is 5.58 Å². The molecule has 102 valence electrons. The highest BCUT2D eigenvalue weighted by Gasteiger charge is 2.18. The van der Waals surface area contributed by atoms with Crippen LogP contribution in [0, 0.1) is 6.92 Å². The first kappa shape index (κ1) is 13.9. The second kappa shape index (κ2) is 6.11. The summed E-state index contributed by atoms with van der Waals surface area (Å²) in [5.74, 6) is 0.737. The van der Waals surface area contributed by atoms with Gasteiger partial charge in [-0.2, -0.15) is 0 Å². The average molecular weight is 280 g/mol. The van der Waals surface area contributed by atoms with Gasteiger partial charge in [0.05, 0.1) is 0 Å². The Bertz CT molecular complexity index is 571. The lowest BCUT2D eigenvalue weighted by molar-refractivity contribution is 0.0736. The topological polar surface area (TPSA) is 33.5 Å². The van der Waals surface area contributed by atoms with Crippen LogP contribution in [0.15, 0.2) is 28.7 Å². The maximum atomic E-state index is 12.4. The Morgan fingerprint density at radius 2 is 2.11 bits per heavy atom. The van der Waals surface area contributed by atoms with E-state index in [9.17, 15) is 4.79 Å². The fraction of sp³-hybridized carbons (Fsp3) is 0.400. The Morgan fingerprint density at radius 3 is 2.79 bits per heavy atom. The number of fused-ring (bicyclic) bond motifs is 1. The van der Waals surface area contributed by atoms with Crippen LogP contribution in [0.5, 0.6) is 0 Å². The van der Waals surface area contributed by atoms with Gasteiger partial charge < -0.3 is 9.32 Å². The van der Waals surface area contributed by atoms with E-state index in [0.29, 0.717) is 24.7 Å². The second-order valence-electron chi connectivity index (χ2n) is 4.63. The molecule has 0 unspecified atom stereocenters. The zero-order valence-electron chi connectivity index (χ0n) is 11.3. The van der Waals surface area contributed by atoms with Crippen molar-refractivity contribution >= 4 is 28.5 Å². The summed E-state index contributed by atoms with van der Waals surface area (Å²) in [4.78, 5) is 14.1. The Balaban J connectivity index is 2.29. The van der Waals surface area contributed by atoms with E-state index in [0.717, 1.165) is 23.0 Å². The molecule has 0 spiro atoms. The van der Waals surface area contributed by atoms with Gasteiger partial charge in [0.25, 0.3) is 5.91 Å². The van der Waals surface area contributed by atoms with Gasteiger partial charge in [-0.3, -0.25) is 4.79 Å². The molecule has 1 aromatic carbocycles. The number of hydrogen-bond donors (Lipinski definition) is 0. The fourth-order valence-corrected chi connectivity index (χ4v) is 2.31. The summed E-state index contributed by atoms with van der Waals surface area (Å²) in [7, 11) is 0. The van der Waals surface area contributed by atoms with E-state index >= 15 is 0 Å². The molecule has 0 saturated carbocycles. The van der Waals surface area contributed by atoms with Gasteiger partial charge in [-0.25, -0.2) is 0 Å². The van der Waals surface area contributed by atoms with Gasteiger partial charge in [-0.1, -0.05) is 18.6 Å². The summed E-state index contributed by atoms with van der Waals surface area (Å²) in [5, 5.41) is 0.964. The minimum Gasteiger partial charge on any atom is -0.451 e. The Hall–Kier alpha value is -1.48. The molecule has 0 radical (unpaired) electrons. The fourth-order valence-electron chi connectivity index (χ4n) is 2.11. The SMILES string of the molecule is CCCN(CCCl)C(=O)c1cc2cc(C)ccc2o1. The molecule has 2 aromatic rings. The monoisotopic (exact) mass is 279 g/mol. The van der Waals surface area contributed by atoms with Crippen molar-refractivity contribution in [1.29, 1.82) is 0 Å². The molecule has 1 amide bonds. The number of alkyl halides is 1. The molecule has 1 heterocycles. The maximum Gasteiger partial charge on any atom is 0.289 e. The number of aryl methyl sites for hydroxylation is 1. The van der Waals surface area contributed by atoms with Crippen LogP contribution in [-0.2, 0) is 0 Å². The van der Waals surface area contributed by atoms with Crippen molar-refractivity contribution in [3.8, 4) is 0 Å². The molecule has 3 nitrogen and oxygen atoms in total. The lowest BCUT2D eigenvalue weighted by Gasteiger charge is -2.19. The zero-order valence-corrected chi connectivity index (χ0v) is 12.0. The number of hydrogen-bond acceptors (Lipinski definition) is 2. The Morgan fingerprint density at radius 1 is 1.32 bits per heavy atom. The first-order valence-electron chi connectivity index (χ1n) is 6.51. The Labute approximate surface area is 118 Å². The van der Waals surface area contributed by atoms with Gasteiger partial charge in [0.2, 0.25) is 0 Å². The van der Waals surface area contributed by atoms with Gasteiger partial charge >= 0.3 is 0 Å². The van der Waals surface area contributed by atoms with Crippen molar-refractivity contribution in [3.05, 3.63) is 35.6 Å². The molecule has 2 rings (SSSR count). The summed E-state index contributed by atoms with van der Waals surface area (Å²) in [6, 6.07) is 7.69. The third-order valence-electron chi connectivity index (χ3n) is 3.02. The van der Waals surface area contributed by atoms with Crippen molar-refractivity contribution < 1.29 is 9.21 Å². The van der Waals surface area contributed by atoms with Crippen LogP contribution in [-0.4, -0.2) is 29.8 Å². The molecule has 0 N–H and O–H groups in total. The second-order valence-corrected chi connectivity index (χ2v) is 5.01. The van der Waals surface area contributed by atoms with Gasteiger partial charge in [0, 0.05) is 24.4 Å². The molecule has 0 aliphatic rings. The first-order chi connectivity index (χ1) is 9.15. The molecule has 1 aromatic heterocycles. The lowest BCUT2D eigenvalue weighted by Crippen LogP contribution is -2.33. The van der Waals surface area contributed by atoms with Crippen LogP contribution < -0.4 is 0 Å². The number of carbonyl (C=O) groups is 1. The quantitative estimate of drug-likeness (QED) is 0.779. The van der Waals surface area contributed by atoms with Crippen LogP contribution >= 0.6 is 11.6 Å². The number of rotatable bonds is 5. The van der Waals surface area contributed by atoms with Crippen molar-refractivity contribution in [1.82, 2.24) is 4.90 Å². The van der Waals surface area contributed by atoms with E-state index in [1.54, 1.807) is 4.90 Å². The molecule has 0 aliphatic carbocycles. The number of amides is 1. The van der Waals surface area contributed by atoms with Crippen molar-refractivity contribution in [3.63, 3.8) is 0 Å². The largest absolute Gasteiger partial charge is 0.451 e. The molecule has 19 heavy (non-hydrogen) atoms. The third-order valence-corrected chi connectivity index (χ3v) is 3.19.